The minimum Gasteiger partial charge on any atom is -0.508 e. The van der Waals surface area contributed by atoms with Crippen molar-refractivity contribution in [3.8, 4) is 17.1 Å². The fourth-order valence-corrected chi connectivity index (χ4v) is 1.98. The van der Waals surface area contributed by atoms with E-state index in [-0.39, 0.29) is 5.75 Å². The maximum Gasteiger partial charge on any atom is 0.171 e. The molecule has 17 heavy (non-hydrogen) atoms. The summed E-state index contributed by atoms with van der Waals surface area (Å²) in [5, 5.41) is 14.1. The summed E-state index contributed by atoms with van der Waals surface area (Å²) in [6, 6.07) is 6.88. The first kappa shape index (κ1) is 9.77. The largest absolute Gasteiger partial charge is 0.508 e. The van der Waals surface area contributed by atoms with Crippen LogP contribution in [0.1, 0.15) is 0 Å². The van der Waals surface area contributed by atoms with Crippen molar-refractivity contribution in [3.05, 3.63) is 30.5 Å². The number of phenols is 1. The molecule has 0 spiro atoms. The van der Waals surface area contributed by atoms with Crippen molar-refractivity contribution >= 4 is 16.7 Å². The van der Waals surface area contributed by atoms with E-state index in [2.05, 4.69) is 5.16 Å². The van der Waals surface area contributed by atoms with Crippen LogP contribution in [0.2, 0.25) is 0 Å². The lowest BCUT2D eigenvalue weighted by Crippen LogP contribution is -1.82. The van der Waals surface area contributed by atoms with Gasteiger partial charge in [0.1, 0.15) is 5.75 Å². The Labute approximate surface area is 97.1 Å². The molecular formula is C12H11N3O2. The Morgan fingerprint density at radius 1 is 1.35 bits per heavy atom. The van der Waals surface area contributed by atoms with Gasteiger partial charge in [0.25, 0.3) is 0 Å². The van der Waals surface area contributed by atoms with Gasteiger partial charge in [0.15, 0.2) is 11.6 Å². The van der Waals surface area contributed by atoms with Gasteiger partial charge >= 0.3 is 0 Å². The van der Waals surface area contributed by atoms with Gasteiger partial charge in [-0.2, -0.15) is 0 Å². The standard InChI is InChI=1S/C12H11N3O2/c1-15-6-9(11-5-12(13)14-17-11)8-3-2-7(16)4-10(8)15/h2-6,16H,1H3,(H2,13,14). The van der Waals surface area contributed by atoms with Crippen LogP contribution in [0.3, 0.4) is 0 Å². The Morgan fingerprint density at radius 2 is 2.18 bits per heavy atom. The average molecular weight is 229 g/mol. The summed E-state index contributed by atoms with van der Waals surface area (Å²) in [7, 11) is 1.91. The van der Waals surface area contributed by atoms with E-state index in [1.54, 1.807) is 18.2 Å². The minimum absolute atomic E-state index is 0.238. The fraction of sp³-hybridized carbons (Fsp3) is 0.0833. The predicted molar refractivity (Wildman–Crippen MR) is 64.5 cm³/mol. The second-order valence-corrected chi connectivity index (χ2v) is 3.97. The Kier molecular flexibility index (Phi) is 1.89. The first-order valence-electron chi connectivity index (χ1n) is 5.16. The third-order valence-corrected chi connectivity index (χ3v) is 2.77. The molecular weight excluding hydrogens is 218 g/mol. The molecule has 3 aromatic rings. The van der Waals surface area contributed by atoms with E-state index < -0.39 is 0 Å². The molecule has 0 amide bonds. The van der Waals surface area contributed by atoms with Crippen molar-refractivity contribution in [2.75, 3.05) is 5.73 Å². The van der Waals surface area contributed by atoms with Gasteiger partial charge in [-0.05, 0) is 12.1 Å². The van der Waals surface area contributed by atoms with Gasteiger partial charge in [-0.3, -0.25) is 0 Å². The molecule has 3 rings (SSSR count). The molecule has 0 saturated heterocycles. The molecule has 0 aliphatic carbocycles. The van der Waals surface area contributed by atoms with Gasteiger partial charge in [-0.1, -0.05) is 5.16 Å². The lowest BCUT2D eigenvalue weighted by atomic mass is 10.1. The number of phenolic OH excluding ortho intramolecular Hbond substituents is 1. The molecule has 2 heterocycles. The van der Waals surface area contributed by atoms with Crippen LogP contribution in [0, 0.1) is 0 Å². The lowest BCUT2D eigenvalue weighted by Gasteiger charge is -1.96. The minimum atomic E-state index is 0.238. The van der Waals surface area contributed by atoms with Crippen molar-refractivity contribution in [1.82, 2.24) is 9.72 Å². The summed E-state index contributed by atoms with van der Waals surface area (Å²) in [6.45, 7) is 0. The van der Waals surface area contributed by atoms with E-state index in [0.29, 0.717) is 11.6 Å². The Morgan fingerprint density at radius 3 is 2.88 bits per heavy atom. The van der Waals surface area contributed by atoms with Gasteiger partial charge in [0.2, 0.25) is 0 Å². The third-order valence-electron chi connectivity index (χ3n) is 2.77. The van der Waals surface area contributed by atoms with Gasteiger partial charge in [0, 0.05) is 36.3 Å². The molecule has 0 aliphatic rings. The van der Waals surface area contributed by atoms with Crippen LogP contribution in [-0.2, 0) is 7.05 Å². The monoisotopic (exact) mass is 229 g/mol. The van der Waals surface area contributed by atoms with Crippen molar-refractivity contribution in [2.24, 2.45) is 7.05 Å². The van der Waals surface area contributed by atoms with Gasteiger partial charge in [-0.25, -0.2) is 0 Å². The summed E-state index contributed by atoms with van der Waals surface area (Å²) < 4.78 is 7.07. The molecule has 0 fully saturated rings. The second kappa shape index (κ2) is 3.28. The number of nitrogen functional groups attached to an aromatic ring is 1. The molecule has 0 aliphatic heterocycles. The number of rotatable bonds is 1. The zero-order valence-corrected chi connectivity index (χ0v) is 9.21. The predicted octanol–water partition coefficient (Wildman–Crippen LogP) is 2.12. The van der Waals surface area contributed by atoms with E-state index >= 15 is 0 Å². The zero-order valence-electron chi connectivity index (χ0n) is 9.21. The topological polar surface area (TPSA) is 77.2 Å². The van der Waals surface area contributed by atoms with Crippen LogP contribution in [-0.4, -0.2) is 14.8 Å². The van der Waals surface area contributed by atoms with Crippen molar-refractivity contribution < 1.29 is 9.63 Å². The Hall–Kier alpha value is -2.43. The van der Waals surface area contributed by atoms with Crippen LogP contribution < -0.4 is 5.73 Å². The lowest BCUT2D eigenvalue weighted by molar-refractivity contribution is 0.436. The SMILES string of the molecule is Cn1cc(-c2cc(N)no2)c2ccc(O)cc21. The van der Waals surface area contributed by atoms with Crippen LogP contribution in [0.25, 0.3) is 22.2 Å². The number of aromatic hydroxyl groups is 1. The molecule has 0 bridgehead atoms. The van der Waals surface area contributed by atoms with Crippen molar-refractivity contribution in [1.29, 1.82) is 0 Å². The number of hydrogen-bond acceptors (Lipinski definition) is 4. The van der Waals surface area contributed by atoms with Crippen LogP contribution >= 0.6 is 0 Å². The normalized spacial score (nSPS) is 11.1. The van der Waals surface area contributed by atoms with Crippen molar-refractivity contribution in [2.45, 2.75) is 0 Å². The third kappa shape index (κ3) is 1.44. The van der Waals surface area contributed by atoms with Crippen LogP contribution in [0.15, 0.2) is 35.0 Å². The summed E-state index contributed by atoms with van der Waals surface area (Å²) in [5.74, 6) is 1.22. The quantitative estimate of drug-likeness (QED) is 0.670. The van der Waals surface area contributed by atoms with E-state index in [1.807, 2.05) is 23.9 Å². The van der Waals surface area contributed by atoms with Crippen LogP contribution in [0.4, 0.5) is 5.82 Å². The molecule has 2 aromatic heterocycles. The molecule has 0 saturated carbocycles. The van der Waals surface area contributed by atoms with Gasteiger partial charge in [0.05, 0.1) is 5.52 Å². The second-order valence-electron chi connectivity index (χ2n) is 3.97. The summed E-state index contributed by atoms with van der Waals surface area (Å²) in [4.78, 5) is 0. The van der Waals surface area contributed by atoms with Gasteiger partial charge < -0.3 is 19.9 Å². The molecule has 0 unspecified atom stereocenters. The number of nitrogens with two attached hydrogens (primary N) is 1. The van der Waals surface area contributed by atoms with Crippen molar-refractivity contribution in [3.63, 3.8) is 0 Å². The first-order chi connectivity index (χ1) is 8.15. The fourth-order valence-electron chi connectivity index (χ4n) is 1.98. The molecule has 3 N–H and O–H groups in total. The zero-order chi connectivity index (χ0) is 12.0. The molecule has 1 aromatic carbocycles. The molecule has 5 nitrogen and oxygen atoms in total. The highest BCUT2D eigenvalue weighted by Gasteiger charge is 2.12. The number of hydrogen-bond donors (Lipinski definition) is 2. The van der Waals surface area contributed by atoms with E-state index in [0.717, 1.165) is 16.5 Å². The average Bonchev–Trinajstić information content (AvgIpc) is 2.84. The smallest absolute Gasteiger partial charge is 0.171 e. The van der Waals surface area contributed by atoms with E-state index in [9.17, 15) is 5.11 Å². The number of benzene rings is 1. The summed E-state index contributed by atoms with van der Waals surface area (Å²) >= 11 is 0. The number of fused-ring (bicyclic) bond motifs is 1. The maximum absolute atomic E-state index is 9.47. The van der Waals surface area contributed by atoms with Gasteiger partial charge in [-0.15, -0.1) is 0 Å². The number of aryl methyl sites for hydroxylation is 1. The highest BCUT2D eigenvalue weighted by molar-refractivity contribution is 5.95. The van der Waals surface area contributed by atoms with E-state index in [1.165, 1.54) is 0 Å². The first-order valence-corrected chi connectivity index (χ1v) is 5.16. The Balaban J connectivity index is 2.31. The highest BCUT2D eigenvalue weighted by atomic mass is 16.5. The van der Waals surface area contributed by atoms with E-state index in [4.69, 9.17) is 10.3 Å². The molecule has 86 valence electrons. The number of aromatic nitrogens is 2. The number of nitrogens with zero attached hydrogens (tertiary/aromatic N) is 2. The molecule has 0 radical (unpaired) electrons. The summed E-state index contributed by atoms with van der Waals surface area (Å²) in [5.41, 5.74) is 7.37. The Bertz CT molecular complexity index is 697. The highest BCUT2D eigenvalue weighted by Crippen LogP contribution is 2.32. The molecule has 5 heteroatoms. The molecule has 0 atom stereocenters. The number of anilines is 1. The van der Waals surface area contributed by atoms with Crippen LogP contribution in [0.5, 0.6) is 5.75 Å². The maximum atomic E-state index is 9.47. The summed E-state index contributed by atoms with van der Waals surface area (Å²) in [6.07, 6.45) is 1.92.